The average Bonchev–Trinajstić information content (AvgIpc) is 2.39. The molecule has 0 aliphatic rings. The van der Waals surface area contributed by atoms with Crippen molar-refractivity contribution >= 4 is 11.6 Å². The fourth-order valence-electron chi connectivity index (χ4n) is 1.69. The lowest BCUT2D eigenvalue weighted by atomic mass is 10.1. The highest BCUT2D eigenvalue weighted by Gasteiger charge is 2.11. The number of rotatable bonds is 3. The molecule has 3 N–H and O–H groups in total. The predicted molar refractivity (Wildman–Crippen MR) is 71.0 cm³/mol. The molecule has 0 aliphatic carbocycles. The van der Waals surface area contributed by atoms with Crippen LogP contribution in [0.1, 0.15) is 28.9 Å². The van der Waals surface area contributed by atoms with Crippen LogP contribution in [0, 0.1) is 0 Å². The first kappa shape index (κ1) is 12.1. The summed E-state index contributed by atoms with van der Waals surface area (Å²) in [5.41, 5.74) is 7.99. The van der Waals surface area contributed by atoms with Crippen molar-refractivity contribution in [2.45, 2.75) is 13.0 Å². The van der Waals surface area contributed by atoms with Gasteiger partial charge in [0.15, 0.2) is 0 Å². The molecule has 1 atom stereocenters. The molecule has 18 heavy (non-hydrogen) atoms. The number of benzene rings is 1. The molecular formula is C14H15N3O. The van der Waals surface area contributed by atoms with Crippen molar-refractivity contribution in [2.75, 3.05) is 5.73 Å². The van der Waals surface area contributed by atoms with Crippen LogP contribution >= 0.6 is 0 Å². The van der Waals surface area contributed by atoms with Gasteiger partial charge in [-0.15, -0.1) is 0 Å². The molecule has 1 heterocycles. The Bertz CT molecular complexity index is 540. The van der Waals surface area contributed by atoms with Crippen LogP contribution in [0.4, 0.5) is 5.69 Å². The van der Waals surface area contributed by atoms with E-state index in [-0.39, 0.29) is 11.9 Å². The molecule has 4 nitrogen and oxygen atoms in total. The monoisotopic (exact) mass is 241 g/mol. The molecule has 92 valence electrons. The fraction of sp³-hybridized carbons (Fsp3) is 0.143. The number of anilines is 1. The number of carbonyl (C=O) groups is 1. The predicted octanol–water partition coefficient (Wildman–Crippen LogP) is 2.15. The Hall–Kier alpha value is -2.36. The summed E-state index contributed by atoms with van der Waals surface area (Å²) in [7, 11) is 0. The highest BCUT2D eigenvalue weighted by Crippen LogP contribution is 2.15. The number of pyridine rings is 1. The normalized spacial score (nSPS) is 11.8. The highest BCUT2D eigenvalue weighted by molar-refractivity contribution is 5.94. The van der Waals surface area contributed by atoms with Crippen LogP contribution in [0.3, 0.4) is 0 Å². The largest absolute Gasteiger partial charge is 0.399 e. The summed E-state index contributed by atoms with van der Waals surface area (Å²) in [4.78, 5) is 15.8. The van der Waals surface area contributed by atoms with E-state index in [1.54, 1.807) is 24.5 Å². The number of aromatic nitrogens is 1. The maximum absolute atomic E-state index is 11.9. The molecule has 0 radical (unpaired) electrons. The van der Waals surface area contributed by atoms with Crippen LogP contribution in [0.5, 0.6) is 0 Å². The Balaban J connectivity index is 2.08. The minimum Gasteiger partial charge on any atom is -0.399 e. The number of nitrogens with zero attached hydrogens (tertiary/aromatic N) is 1. The molecule has 0 bridgehead atoms. The van der Waals surface area contributed by atoms with Gasteiger partial charge in [-0.3, -0.25) is 9.78 Å². The smallest absolute Gasteiger partial charge is 0.251 e. The first-order valence-corrected chi connectivity index (χ1v) is 5.73. The van der Waals surface area contributed by atoms with E-state index in [1.165, 1.54) is 0 Å². The van der Waals surface area contributed by atoms with Gasteiger partial charge in [0.1, 0.15) is 0 Å². The maximum Gasteiger partial charge on any atom is 0.251 e. The molecule has 2 aromatic rings. The molecule has 0 saturated carbocycles. The van der Waals surface area contributed by atoms with E-state index in [4.69, 9.17) is 5.73 Å². The molecule has 2 rings (SSSR count). The second-order valence-corrected chi connectivity index (χ2v) is 4.10. The lowest BCUT2D eigenvalue weighted by molar-refractivity contribution is 0.0940. The average molecular weight is 241 g/mol. The fourth-order valence-corrected chi connectivity index (χ4v) is 1.69. The SMILES string of the molecule is CC(NC(=O)c1ccncc1)c1cccc(N)c1. The van der Waals surface area contributed by atoms with E-state index in [0.717, 1.165) is 5.56 Å². The Morgan fingerprint density at radius 1 is 1.28 bits per heavy atom. The highest BCUT2D eigenvalue weighted by atomic mass is 16.1. The molecule has 0 aliphatic heterocycles. The van der Waals surface area contributed by atoms with Crippen molar-refractivity contribution in [3.63, 3.8) is 0 Å². The lowest BCUT2D eigenvalue weighted by Crippen LogP contribution is -2.26. The van der Waals surface area contributed by atoms with Crippen LogP contribution in [0.2, 0.25) is 0 Å². The van der Waals surface area contributed by atoms with Crippen LogP contribution in [-0.2, 0) is 0 Å². The molecule has 4 heteroatoms. The minimum absolute atomic E-state index is 0.0887. The molecule has 0 spiro atoms. The molecular weight excluding hydrogens is 226 g/mol. The van der Waals surface area contributed by atoms with Crippen LogP contribution in [-0.4, -0.2) is 10.9 Å². The molecule has 0 saturated heterocycles. The zero-order valence-electron chi connectivity index (χ0n) is 10.1. The van der Waals surface area contributed by atoms with Gasteiger partial charge in [-0.25, -0.2) is 0 Å². The van der Waals surface area contributed by atoms with Gasteiger partial charge in [-0.2, -0.15) is 0 Å². The van der Waals surface area contributed by atoms with Gasteiger partial charge in [0, 0.05) is 23.6 Å². The van der Waals surface area contributed by atoms with Gasteiger partial charge in [-0.05, 0) is 36.8 Å². The third-order valence-electron chi connectivity index (χ3n) is 2.70. The second kappa shape index (κ2) is 5.31. The maximum atomic E-state index is 11.9. The van der Waals surface area contributed by atoms with Crippen molar-refractivity contribution in [3.8, 4) is 0 Å². The van der Waals surface area contributed by atoms with Gasteiger partial charge in [0.05, 0.1) is 6.04 Å². The second-order valence-electron chi connectivity index (χ2n) is 4.10. The summed E-state index contributed by atoms with van der Waals surface area (Å²) in [6.07, 6.45) is 3.19. The number of nitrogens with two attached hydrogens (primary N) is 1. The third kappa shape index (κ3) is 2.85. The van der Waals surface area contributed by atoms with Crippen molar-refractivity contribution in [3.05, 3.63) is 59.9 Å². The van der Waals surface area contributed by atoms with E-state index in [2.05, 4.69) is 10.3 Å². The van der Waals surface area contributed by atoms with Crippen molar-refractivity contribution in [2.24, 2.45) is 0 Å². The summed E-state index contributed by atoms with van der Waals surface area (Å²) < 4.78 is 0. The van der Waals surface area contributed by atoms with E-state index in [1.807, 2.05) is 31.2 Å². The minimum atomic E-state index is -0.118. The third-order valence-corrected chi connectivity index (χ3v) is 2.70. The zero-order chi connectivity index (χ0) is 13.0. The van der Waals surface area contributed by atoms with Gasteiger partial charge in [0.25, 0.3) is 5.91 Å². The summed E-state index contributed by atoms with van der Waals surface area (Å²) >= 11 is 0. The Labute approximate surface area is 106 Å². The topological polar surface area (TPSA) is 68.0 Å². The molecule has 0 fully saturated rings. The number of nitrogens with one attached hydrogen (secondary N) is 1. The summed E-state index contributed by atoms with van der Waals surface area (Å²) in [6, 6.07) is 10.8. The number of nitrogen functional groups attached to an aromatic ring is 1. The first-order chi connectivity index (χ1) is 8.66. The lowest BCUT2D eigenvalue weighted by Gasteiger charge is -2.14. The summed E-state index contributed by atoms with van der Waals surface area (Å²) in [5, 5.41) is 2.92. The Morgan fingerprint density at radius 2 is 2.00 bits per heavy atom. The van der Waals surface area contributed by atoms with E-state index in [0.29, 0.717) is 11.3 Å². The first-order valence-electron chi connectivity index (χ1n) is 5.73. The van der Waals surface area contributed by atoms with E-state index >= 15 is 0 Å². The van der Waals surface area contributed by atoms with Gasteiger partial charge < -0.3 is 11.1 Å². The summed E-state index contributed by atoms with van der Waals surface area (Å²) in [5.74, 6) is -0.118. The summed E-state index contributed by atoms with van der Waals surface area (Å²) in [6.45, 7) is 1.92. The zero-order valence-corrected chi connectivity index (χ0v) is 10.1. The molecule has 1 aromatic carbocycles. The number of amides is 1. The number of hydrogen-bond acceptors (Lipinski definition) is 3. The van der Waals surface area contributed by atoms with Crippen LogP contribution in [0.25, 0.3) is 0 Å². The number of carbonyl (C=O) groups excluding carboxylic acids is 1. The van der Waals surface area contributed by atoms with Gasteiger partial charge in [-0.1, -0.05) is 12.1 Å². The van der Waals surface area contributed by atoms with Gasteiger partial charge in [0.2, 0.25) is 0 Å². The van der Waals surface area contributed by atoms with Crippen molar-refractivity contribution in [1.29, 1.82) is 0 Å². The van der Waals surface area contributed by atoms with Crippen molar-refractivity contribution < 1.29 is 4.79 Å². The Kier molecular flexibility index (Phi) is 3.57. The molecule has 1 amide bonds. The van der Waals surface area contributed by atoms with Gasteiger partial charge >= 0.3 is 0 Å². The van der Waals surface area contributed by atoms with Crippen molar-refractivity contribution in [1.82, 2.24) is 10.3 Å². The molecule has 1 aromatic heterocycles. The Morgan fingerprint density at radius 3 is 2.67 bits per heavy atom. The van der Waals surface area contributed by atoms with E-state index in [9.17, 15) is 4.79 Å². The van der Waals surface area contributed by atoms with Crippen LogP contribution in [0.15, 0.2) is 48.8 Å². The quantitative estimate of drug-likeness (QED) is 0.809. The van der Waals surface area contributed by atoms with E-state index < -0.39 is 0 Å². The van der Waals surface area contributed by atoms with Crippen LogP contribution < -0.4 is 11.1 Å². The number of hydrogen-bond donors (Lipinski definition) is 2. The standard InChI is InChI=1S/C14H15N3O/c1-10(12-3-2-4-13(15)9-12)17-14(18)11-5-7-16-8-6-11/h2-10H,15H2,1H3,(H,17,18). The molecule has 1 unspecified atom stereocenters.